The summed E-state index contributed by atoms with van der Waals surface area (Å²) >= 11 is 0. The minimum atomic E-state index is -0.0240. The summed E-state index contributed by atoms with van der Waals surface area (Å²) < 4.78 is 6.38. The van der Waals surface area contributed by atoms with Gasteiger partial charge in [-0.2, -0.15) is 0 Å². The third kappa shape index (κ3) is 5.01. The maximum atomic E-state index is 6.38. The van der Waals surface area contributed by atoms with Gasteiger partial charge in [-0.3, -0.25) is 0 Å². The van der Waals surface area contributed by atoms with Gasteiger partial charge in [0.25, 0.3) is 0 Å². The number of rotatable bonds is 5. The van der Waals surface area contributed by atoms with E-state index in [1.807, 2.05) is 0 Å². The van der Waals surface area contributed by atoms with Crippen molar-refractivity contribution in [2.24, 2.45) is 0 Å². The van der Waals surface area contributed by atoms with Gasteiger partial charge in [0, 0.05) is 33.7 Å². The Hall–Kier alpha value is -6.38. The van der Waals surface area contributed by atoms with Crippen LogP contribution in [-0.4, -0.2) is 6.10 Å². The summed E-state index contributed by atoms with van der Waals surface area (Å²) in [6.07, 6.45) is 15.7. The first-order valence-electron chi connectivity index (χ1n) is 19.6. The zero-order valence-electron chi connectivity index (χ0n) is 31.2. The van der Waals surface area contributed by atoms with Gasteiger partial charge in [0.1, 0.15) is 11.9 Å². The van der Waals surface area contributed by atoms with Crippen molar-refractivity contribution in [3.63, 3.8) is 0 Å². The summed E-state index contributed by atoms with van der Waals surface area (Å²) in [6, 6.07) is 51.8. The van der Waals surface area contributed by atoms with Crippen LogP contribution in [0.4, 0.5) is 17.1 Å². The van der Waals surface area contributed by atoms with Gasteiger partial charge in [-0.05, 0) is 111 Å². The Labute approximate surface area is 323 Å². The van der Waals surface area contributed by atoms with E-state index in [0.717, 1.165) is 30.0 Å². The molecule has 2 nitrogen and oxygen atoms in total. The molecular weight excluding hydrogens is 667 g/mol. The standard InChI is InChI=1S/C53H41NO/c1-53(2)45-17-8-5-15-42(45)52-46(53)18-11-20-48(52)54(47-19-9-6-14-41(47)39-25-22-34-12-3-4-13-37(34)32-39)40-29-26-35(27-30-40)38-24-23-36-28-31-50-51(44(36)33-38)43-16-7-10-21-49(43)55-50/h3-7,9-16,18-33,43,49H,8,17H2,1-2H3. The number of benzene rings is 7. The second-order valence-corrected chi connectivity index (χ2v) is 15.9. The number of nitrogens with zero attached hydrogens (tertiary/aromatic N) is 1. The lowest BCUT2D eigenvalue weighted by atomic mass is 9.78. The van der Waals surface area contributed by atoms with E-state index < -0.39 is 0 Å². The molecule has 4 aliphatic rings. The van der Waals surface area contributed by atoms with Gasteiger partial charge in [0.15, 0.2) is 0 Å². The maximum absolute atomic E-state index is 6.38. The molecule has 0 saturated heterocycles. The third-order valence-corrected chi connectivity index (χ3v) is 12.5. The first-order valence-corrected chi connectivity index (χ1v) is 19.6. The highest BCUT2D eigenvalue weighted by Gasteiger charge is 2.40. The summed E-state index contributed by atoms with van der Waals surface area (Å²) in [5.41, 5.74) is 15.3. The van der Waals surface area contributed by atoms with Gasteiger partial charge in [-0.25, -0.2) is 0 Å². The van der Waals surface area contributed by atoms with Crippen molar-refractivity contribution >= 4 is 44.2 Å². The van der Waals surface area contributed by atoms with Gasteiger partial charge in [-0.1, -0.05) is 147 Å². The van der Waals surface area contributed by atoms with E-state index >= 15 is 0 Å². The lowest BCUT2D eigenvalue weighted by Crippen LogP contribution is -2.18. The van der Waals surface area contributed by atoms with Gasteiger partial charge >= 0.3 is 0 Å². The second kappa shape index (κ2) is 12.3. The molecule has 2 unspecified atom stereocenters. The quantitative estimate of drug-likeness (QED) is 0.177. The van der Waals surface area contributed by atoms with Crippen molar-refractivity contribution < 1.29 is 4.74 Å². The lowest BCUT2D eigenvalue weighted by Gasteiger charge is -2.31. The molecule has 55 heavy (non-hydrogen) atoms. The Morgan fingerprint density at radius 3 is 2.29 bits per heavy atom. The van der Waals surface area contributed by atoms with Crippen LogP contribution in [0.2, 0.25) is 0 Å². The van der Waals surface area contributed by atoms with Crippen molar-refractivity contribution in [3.05, 3.63) is 198 Å². The fourth-order valence-electron chi connectivity index (χ4n) is 9.78. The zero-order chi connectivity index (χ0) is 36.7. The average Bonchev–Trinajstić information content (AvgIpc) is 3.74. The van der Waals surface area contributed by atoms with Crippen LogP contribution in [0.25, 0.3) is 49.4 Å². The molecule has 264 valence electrons. The van der Waals surface area contributed by atoms with Crippen LogP contribution in [-0.2, 0) is 5.41 Å². The smallest absolute Gasteiger partial charge is 0.128 e. The minimum absolute atomic E-state index is 0.0240. The summed E-state index contributed by atoms with van der Waals surface area (Å²) in [5, 5.41) is 5.01. The lowest BCUT2D eigenvalue weighted by molar-refractivity contribution is 0.269. The highest BCUT2D eigenvalue weighted by Crippen LogP contribution is 2.55. The molecule has 0 bridgehead atoms. The predicted molar refractivity (Wildman–Crippen MR) is 231 cm³/mol. The molecule has 11 rings (SSSR count). The fraction of sp³-hybridized carbons (Fsp3) is 0.132. The molecule has 7 aromatic rings. The number of para-hydroxylation sites is 1. The van der Waals surface area contributed by atoms with Crippen LogP contribution >= 0.6 is 0 Å². The number of anilines is 3. The molecule has 2 heteroatoms. The van der Waals surface area contributed by atoms with Crippen LogP contribution in [0, 0.1) is 0 Å². The molecule has 0 N–H and O–H groups in total. The topological polar surface area (TPSA) is 12.5 Å². The molecule has 0 radical (unpaired) electrons. The number of allylic oxidation sites excluding steroid dienone is 6. The molecular formula is C53H41NO. The third-order valence-electron chi connectivity index (χ3n) is 12.5. The van der Waals surface area contributed by atoms with Crippen molar-refractivity contribution in [2.45, 2.75) is 44.1 Å². The summed E-state index contributed by atoms with van der Waals surface area (Å²) in [5.74, 6) is 1.24. The van der Waals surface area contributed by atoms with Gasteiger partial charge in [-0.15, -0.1) is 0 Å². The maximum Gasteiger partial charge on any atom is 0.128 e. The zero-order valence-corrected chi connectivity index (χ0v) is 31.2. The summed E-state index contributed by atoms with van der Waals surface area (Å²) in [7, 11) is 0. The SMILES string of the molecule is CC1(C)C2=C(C=CCC2)c2c(N(c3ccc(-c4ccc5ccc6c(c5c4)C4C=CC=CC4O6)cc3)c3ccccc3-c3ccc4ccccc4c3)cccc21. The molecule has 7 aromatic carbocycles. The van der Waals surface area contributed by atoms with E-state index in [1.165, 1.54) is 71.7 Å². The van der Waals surface area contributed by atoms with Crippen molar-refractivity contribution in [1.29, 1.82) is 0 Å². The first kappa shape index (κ1) is 32.1. The normalized spacial score (nSPS) is 18.6. The monoisotopic (exact) mass is 707 g/mol. The average molecular weight is 708 g/mol. The van der Waals surface area contributed by atoms with Crippen LogP contribution in [0.15, 0.2) is 182 Å². The largest absolute Gasteiger partial charge is 0.485 e. The molecule has 0 amide bonds. The van der Waals surface area contributed by atoms with Crippen LogP contribution < -0.4 is 9.64 Å². The molecule has 1 aliphatic heterocycles. The van der Waals surface area contributed by atoms with E-state index in [-0.39, 0.29) is 17.4 Å². The summed E-state index contributed by atoms with van der Waals surface area (Å²) in [4.78, 5) is 2.51. The van der Waals surface area contributed by atoms with Gasteiger partial charge in [0.05, 0.1) is 11.4 Å². The first-order chi connectivity index (χ1) is 27.0. The van der Waals surface area contributed by atoms with E-state index in [1.54, 1.807) is 5.57 Å². The second-order valence-electron chi connectivity index (χ2n) is 15.9. The van der Waals surface area contributed by atoms with E-state index in [2.05, 4.69) is 195 Å². The fourth-order valence-corrected chi connectivity index (χ4v) is 9.78. The van der Waals surface area contributed by atoms with Crippen molar-refractivity contribution in [1.82, 2.24) is 0 Å². The molecule has 0 saturated carbocycles. The minimum Gasteiger partial charge on any atom is -0.485 e. The number of hydrogen-bond acceptors (Lipinski definition) is 2. The molecule has 2 atom stereocenters. The van der Waals surface area contributed by atoms with Gasteiger partial charge < -0.3 is 9.64 Å². The molecule has 0 fully saturated rings. The Morgan fingerprint density at radius 2 is 1.38 bits per heavy atom. The van der Waals surface area contributed by atoms with E-state index in [0.29, 0.717) is 0 Å². The molecule has 0 spiro atoms. The van der Waals surface area contributed by atoms with Crippen molar-refractivity contribution in [2.75, 3.05) is 4.90 Å². The number of ether oxygens (including phenoxy) is 1. The Morgan fingerprint density at radius 1 is 0.636 bits per heavy atom. The molecule has 1 heterocycles. The molecule has 0 aromatic heterocycles. The predicted octanol–water partition coefficient (Wildman–Crippen LogP) is 14.2. The van der Waals surface area contributed by atoms with E-state index in [9.17, 15) is 0 Å². The van der Waals surface area contributed by atoms with Gasteiger partial charge in [0.2, 0.25) is 0 Å². The Balaban J connectivity index is 1.07. The Kier molecular flexibility index (Phi) is 7.19. The Bertz CT molecular complexity index is 2830. The number of hydrogen-bond donors (Lipinski definition) is 0. The van der Waals surface area contributed by atoms with Crippen LogP contribution in [0.3, 0.4) is 0 Å². The highest BCUT2D eigenvalue weighted by molar-refractivity contribution is 6.00. The van der Waals surface area contributed by atoms with Crippen LogP contribution in [0.1, 0.15) is 49.3 Å². The van der Waals surface area contributed by atoms with Crippen molar-refractivity contribution in [3.8, 4) is 28.0 Å². The van der Waals surface area contributed by atoms with E-state index in [4.69, 9.17) is 4.74 Å². The highest BCUT2D eigenvalue weighted by atomic mass is 16.5. The van der Waals surface area contributed by atoms with Crippen LogP contribution in [0.5, 0.6) is 5.75 Å². The summed E-state index contributed by atoms with van der Waals surface area (Å²) in [6.45, 7) is 4.82. The molecule has 3 aliphatic carbocycles. The number of fused-ring (bicyclic) bond motifs is 8.